The highest BCUT2D eigenvalue weighted by Gasteiger charge is 2.48. The molecule has 3 amide bonds. The van der Waals surface area contributed by atoms with E-state index in [1.165, 1.54) is 4.90 Å². The monoisotopic (exact) mass is 460 g/mol. The molecule has 3 aromatic rings. The van der Waals surface area contributed by atoms with Crippen LogP contribution in [0.3, 0.4) is 0 Å². The minimum atomic E-state index is -0.334. The molecule has 0 radical (unpaired) electrons. The normalized spacial score (nSPS) is 20.4. The zero-order chi connectivity index (χ0) is 23.8. The molecular weight excluding hydrogens is 432 g/mol. The van der Waals surface area contributed by atoms with Crippen LogP contribution in [-0.4, -0.2) is 40.1 Å². The summed E-state index contributed by atoms with van der Waals surface area (Å²) in [5.74, 6) is 1.13. The lowest BCUT2D eigenvalue weighted by atomic mass is 9.81. The molecule has 0 bridgehead atoms. The number of carbonyl (C=O) groups excluding carboxylic acids is 2. The van der Waals surface area contributed by atoms with Crippen LogP contribution in [0.2, 0.25) is 0 Å². The van der Waals surface area contributed by atoms with Gasteiger partial charge in [-0.1, -0.05) is 36.2 Å². The predicted molar refractivity (Wildman–Crippen MR) is 126 cm³/mol. The Morgan fingerprint density at radius 1 is 1.06 bits per heavy atom. The van der Waals surface area contributed by atoms with E-state index in [0.29, 0.717) is 23.2 Å². The lowest BCUT2D eigenvalue weighted by Gasteiger charge is -2.46. The molecule has 0 spiro atoms. The maximum Gasteiger partial charge on any atom is 0.332 e. The third kappa shape index (κ3) is 4.04. The van der Waals surface area contributed by atoms with Crippen molar-refractivity contribution in [3.63, 3.8) is 0 Å². The number of nitrogens with zero attached hydrogens (tertiary/aromatic N) is 4. The number of hydrogen-bond acceptors (Lipinski definition) is 6. The molecule has 1 aromatic heterocycles. The van der Waals surface area contributed by atoms with E-state index >= 15 is 0 Å². The second-order valence-corrected chi connectivity index (χ2v) is 9.13. The van der Waals surface area contributed by atoms with E-state index < -0.39 is 0 Å². The summed E-state index contributed by atoms with van der Waals surface area (Å²) in [6, 6.07) is 12.7. The Morgan fingerprint density at radius 3 is 2.59 bits per heavy atom. The van der Waals surface area contributed by atoms with E-state index in [0.717, 1.165) is 42.4 Å². The first kappa shape index (κ1) is 22.1. The van der Waals surface area contributed by atoms with E-state index in [1.54, 1.807) is 12.0 Å². The van der Waals surface area contributed by atoms with Gasteiger partial charge >= 0.3 is 6.03 Å². The van der Waals surface area contributed by atoms with Gasteiger partial charge in [0.05, 0.1) is 18.7 Å². The zero-order valence-corrected chi connectivity index (χ0v) is 19.7. The SMILES string of the molecule is COc1cccc(-c2noc(CN3C(=O)N(c4cc(C)cc(C)c4)C(=O)C4CCCCC43)n2)c1. The lowest BCUT2D eigenvalue weighted by Crippen LogP contribution is -2.62. The number of fused-ring (bicyclic) bond motifs is 1. The standard InChI is InChI=1S/C26H28N4O4/c1-16-11-17(2)13-19(12-16)30-25(31)21-9-4-5-10-22(21)29(26(30)32)15-23-27-24(28-34-23)18-7-6-8-20(14-18)33-3/h6-8,11-14,21-22H,4-5,9-10,15H2,1-3H3. The number of hydrogen-bond donors (Lipinski definition) is 0. The van der Waals surface area contributed by atoms with Crippen molar-refractivity contribution in [1.82, 2.24) is 15.0 Å². The molecule has 5 rings (SSSR count). The summed E-state index contributed by atoms with van der Waals surface area (Å²) in [6.07, 6.45) is 3.53. The van der Waals surface area contributed by atoms with Crippen molar-refractivity contribution in [3.05, 3.63) is 59.5 Å². The quantitative estimate of drug-likeness (QED) is 0.539. The molecule has 2 atom stereocenters. The minimum Gasteiger partial charge on any atom is -0.497 e. The molecule has 1 aliphatic carbocycles. The number of methoxy groups -OCH3 is 1. The first-order valence-corrected chi connectivity index (χ1v) is 11.6. The van der Waals surface area contributed by atoms with Gasteiger partial charge in [-0.2, -0.15) is 4.98 Å². The van der Waals surface area contributed by atoms with E-state index in [4.69, 9.17) is 9.26 Å². The summed E-state index contributed by atoms with van der Waals surface area (Å²) in [5, 5.41) is 4.11. The number of aryl methyl sites for hydroxylation is 2. The molecule has 8 nitrogen and oxygen atoms in total. The molecule has 2 unspecified atom stereocenters. The van der Waals surface area contributed by atoms with E-state index in [-0.39, 0.29) is 30.4 Å². The van der Waals surface area contributed by atoms with Gasteiger partial charge in [-0.15, -0.1) is 0 Å². The van der Waals surface area contributed by atoms with Gasteiger partial charge in [-0.3, -0.25) is 4.79 Å². The highest BCUT2D eigenvalue weighted by molar-refractivity contribution is 6.17. The van der Waals surface area contributed by atoms with Crippen LogP contribution in [0.1, 0.15) is 42.7 Å². The maximum atomic E-state index is 13.7. The minimum absolute atomic E-state index is 0.112. The van der Waals surface area contributed by atoms with E-state index in [2.05, 4.69) is 10.1 Å². The number of rotatable bonds is 5. The number of urea groups is 1. The molecular formula is C26H28N4O4. The van der Waals surface area contributed by atoms with Crippen LogP contribution in [0, 0.1) is 19.8 Å². The molecule has 2 aromatic carbocycles. The van der Waals surface area contributed by atoms with Crippen molar-refractivity contribution in [2.75, 3.05) is 12.0 Å². The van der Waals surface area contributed by atoms with E-state index in [1.807, 2.05) is 56.3 Å². The second-order valence-electron chi connectivity index (χ2n) is 9.13. The smallest absolute Gasteiger partial charge is 0.332 e. The van der Waals surface area contributed by atoms with Crippen LogP contribution >= 0.6 is 0 Å². The number of imide groups is 1. The third-order valence-corrected chi connectivity index (χ3v) is 6.67. The first-order chi connectivity index (χ1) is 16.4. The van der Waals surface area contributed by atoms with Gasteiger partial charge in [0.1, 0.15) is 12.3 Å². The largest absolute Gasteiger partial charge is 0.497 e. The van der Waals surface area contributed by atoms with Gasteiger partial charge in [-0.05, 0) is 62.1 Å². The number of amides is 3. The first-order valence-electron chi connectivity index (χ1n) is 11.6. The number of carbonyl (C=O) groups is 2. The summed E-state index contributed by atoms with van der Waals surface area (Å²) in [6.45, 7) is 4.09. The Balaban J connectivity index is 1.46. The molecule has 0 N–H and O–H groups in total. The number of ether oxygens (including phenoxy) is 1. The number of anilines is 1. The van der Waals surface area contributed by atoms with Crippen molar-refractivity contribution in [1.29, 1.82) is 0 Å². The summed E-state index contributed by atoms with van der Waals surface area (Å²) in [5.41, 5.74) is 3.39. The van der Waals surface area contributed by atoms with E-state index in [9.17, 15) is 9.59 Å². The summed E-state index contributed by atoms with van der Waals surface area (Å²) in [4.78, 5) is 34.8. The van der Waals surface area contributed by atoms with Crippen molar-refractivity contribution < 1.29 is 18.8 Å². The van der Waals surface area contributed by atoms with Gasteiger partial charge in [0.15, 0.2) is 0 Å². The van der Waals surface area contributed by atoms with Crippen molar-refractivity contribution in [3.8, 4) is 17.1 Å². The molecule has 2 fully saturated rings. The molecule has 2 heterocycles. The highest BCUT2D eigenvalue weighted by atomic mass is 16.5. The fourth-order valence-corrected chi connectivity index (χ4v) is 5.15. The summed E-state index contributed by atoms with van der Waals surface area (Å²) in [7, 11) is 1.60. The lowest BCUT2D eigenvalue weighted by molar-refractivity contribution is -0.127. The molecule has 1 saturated heterocycles. The topological polar surface area (TPSA) is 88.8 Å². The second kappa shape index (κ2) is 8.93. The van der Waals surface area contributed by atoms with Gasteiger partial charge in [0.25, 0.3) is 0 Å². The van der Waals surface area contributed by atoms with Gasteiger partial charge < -0.3 is 14.2 Å². The third-order valence-electron chi connectivity index (χ3n) is 6.67. The Bertz CT molecular complexity index is 1220. The Kier molecular flexibility index (Phi) is 5.81. The van der Waals surface area contributed by atoms with Crippen molar-refractivity contribution >= 4 is 17.6 Å². The molecule has 176 valence electrons. The van der Waals surface area contributed by atoms with Crippen LogP contribution in [0.4, 0.5) is 10.5 Å². The predicted octanol–water partition coefficient (Wildman–Crippen LogP) is 4.89. The molecule has 1 aliphatic heterocycles. The zero-order valence-electron chi connectivity index (χ0n) is 19.7. The highest BCUT2D eigenvalue weighted by Crippen LogP contribution is 2.37. The van der Waals surface area contributed by atoms with Gasteiger partial charge in [-0.25, -0.2) is 9.69 Å². The van der Waals surface area contributed by atoms with Crippen molar-refractivity contribution in [2.24, 2.45) is 5.92 Å². The Hall–Kier alpha value is -3.68. The average molecular weight is 461 g/mol. The van der Waals surface area contributed by atoms with Crippen LogP contribution < -0.4 is 9.64 Å². The summed E-state index contributed by atoms with van der Waals surface area (Å²) < 4.78 is 10.8. The molecule has 2 aliphatic rings. The van der Waals surface area contributed by atoms with Crippen LogP contribution in [0.25, 0.3) is 11.4 Å². The van der Waals surface area contributed by atoms with Crippen LogP contribution in [0.5, 0.6) is 5.75 Å². The molecule has 8 heteroatoms. The summed E-state index contributed by atoms with van der Waals surface area (Å²) >= 11 is 0. The van der Waals surface area contributed by atoms with Crippen molar-refractivity contribution in [2.45, 2.75) is 52.1 Å². The Morgan fingerprint density at radius 2 is 1.82 bits per heavy atom. The van der Waals surface area contributed by atoms with Gasteiger partial charge in [0.2, 0.25) is 17.6 Å². The molecule has 34 heavy (non-hydrogen) atoms. The number of aromatic nitrogens is 2. The maximum absolute atomic E-state index is 13.7. The molecule has 1 saturated carbocycles. The van der Waals surface area contributed by atoms with Crippen LogP contribution in [-0.2, 0) is 11.3 Å². The van der Waals surface area contributed by atoms with Gasteiger partial charge in [0, 0.05) is 11.6 Å². The average Bonchev–Trinajstić information content (AvgIpc) is 3.30. The Labute approximate surface area is 198 Å². The number of benzene rings is 2. The fraction of sp³-hybridized carbons (Fsp3) is 0.385. The fourth-order valence-electron chi connectivity index (χ4n) is 5.15. The van der Waals surface area contributed by atoms with Crippen LogP contribution in [0.15, 0.2) is 47.0 Å².